The summed E-state index contributed by atoms with van der Waals surface area (Å²) in [5.74, 6) is 0.487. The number of pyridine rings is 1. The third kappa shape index (κ3) is 1.39. The van der Waals surface area contributed by atoms with E-state index in [1.54, 1.807) is 0 Å². The lowest BCUT2D eigenvalue weighted by molar-refractivity contribution is 0.833. The molecule has 0 aliphatic rings. The van der Waals surface area contributed by atoms with Gasteiger partial charge in [-0.05, 0) is 23.8 Å². The summed E-state index contributed by atoms with van der Waals surface area (Å²) in [4.78, 5) is 4.51. The Balaban J connectivity index is 2.82. The third-order valence-electron chi connectivity index (χ3n) is 2.57. The van der Waals surface area contributed by atoms with Gasteiger partial charge in [0.05, 0.1) is 5.69 Å². The Morgan fingerprint density at radius 3 is 2.36 bits per heavy atom. The van der Waals surface area contributed by atoms with Crippen LogP contribution in [0.25, 0.3) is 10.8 Å². The predicted molar refractivity (Wildman–Crippen MR) is 60.6 cm³/mol. The lowest BCUT2D eigenvalue weighted by Gasteiger charge is -2.10. The molecule has 0 saturated carbocycles. The first-order valence-corrected chi connectivity index (χ1v) is 5.04. The average molecular weight is 185 g/mol. The molecule has 0 bridgehead atoms. The molecular weight excluding hydrogens is 170 g/mol. The van der Waals surface area contributed by atoms with Crippen LogP contribution < -0.4 is 0 Å². The molecule has 0 amide bonds. The van der Waals surface area contributed by atoms with E-state index in [0.29, 0.717) is 5.92 Å². The van der Waals surface area contributed by atoms with Crippen molar-refractivity contribution < 1.29 is 0 Å². The number of benzene rings is 1. The molecule has 0 aliphatic heterocycles. The zero-order valence-electron chi connectivity index (χ0n) is 8.91. The molecule has 0 spiro atoms. The molecule has 0 saturated heterocycles. The van der Waals surface area contributed by atoms with Crippen molar-refractivity contribution in [3.63, 3.8) is 0 Å². The van der Waals surface area contributed by atoms with Gasteiger partial charge in [0.2, 0.25) is 0 Å². The minimum Gasteiger partial charge on any atom is -0.260 e. The molecule has 0 atom stereocenters. The van der Waals surface area contributed by atoms with Crippen molar-refractivity contribution in [2.45, 2.75) is 26.7 Å². The quantitative estimate of drug-likeness (QED) is 0.660. The van der Waals surface area contributed by atoms with E-state index in [1.807, 2.05) is 6.20 Å². The van der Waals surface area contributed by atoms with Crippen molar-refractivity contribution >= 4 is 10.8 Å². The molecule has 1 heterocycles. The number of fused-ring (bicyclic) bond motifs is 1. The molecule has 0 unspecified atom stereocenters. The van der Waals surface area contributed by atoms with Gasteiger partial charge in [-0.25, -0.2) is 0 Å². The zero-order chi connectivity index (χ0) is 10.1. The summed E-state index contributed by atoms with van der Waals surface area (Å²) >= 11 is 0. The van der Waals surface area contributed by atoms with Crippen molar-refractivity contribution in [2.75, 3.05) is 0 Å². The first-order chi connectivity index (χ1) is 6.70. The summed E-state index contributed by atoms with van der Waals surface area (Å²) in [6, 6.07) is 8.48. The van der Waals surface area contributed by atoms with Crippen LogP contribution in [-0.2, 0) is 0 Å². The van der Waals surface area contributed by atoms with E-state index in [9.17, 15) is 0 Å². The van der Waals surface area contributed by atoms with E-state index < -0.39 is 0 Å². The lowest BCUT2D eigenvalue weighted by atomic mass is 10.00. The van der Waals surface area contributed by atoms with Gasteiger partial charge in [0, 0.05) is 11.6 Å². The Morgan fingerprint density at radius 2 is 1.71 bits per heavy atom. The van der Waals surface area contributed by atoms with E-state index in [1.165, 1.54) is 22.0 Å². The van der Waals surface area contributed by atoms with Gasteiger partial charge in [0.25, 0.3) is 0 Å². The normalized spacial score (nSPS) is 11.1. The Hall–Kier alpha value is -1.37. The van der Waals surface area contributed by atoms with Crippen molar-refractivity contribution in [1.82, 2.24) is 4.98 Å². The van der Waals surface area contributed by atoms with Crippen LogP contribution in [0.2, 0.25) is 0 Å². The van der Waals surface area contributed by atoms with Gasteiger partial charge in [-0.1, -0.05) is 38.1 Å². The second-order valence-electron chi connectivity index (χ2n) is 4.03. The second-order valence-corrected chi connectivity index (χ2v) is 4.03. The van der Waals surface area contributed by atoms with Gasteiger partial charge in [0.1, 0.15) is 0 Å². The van der Waals surface area contributed by atoms with Crippen LogP contribution in [0, 0.1) is 6.92 Å². The summed E-state index contributed by atoms with van der Waals surface area (Å²) < 4.78 is 0. The highest BCUT2D eigenvalue weighted by Gasteiger charge is 2.07. The van der Waals surface area contributed by atoms with Crippen molar-refractivity contribution in [2.24, 2.45) is 0 Å². The van der Waals surface area contributed by atoms with Crippen LogP contribution in [0.3, 0.4) is 0 Å². The number of aromatic nitrogens is 1. The first-order valence-electron chi connectivity index (χ1n) is 5.04. The monoisotopic (exact) mass is 185 g/mol. The first kappa shape index (κ1) is 9.20. The Morgan fingerprint density at radius 1 is 1.07 bits per heavy atom. The molecule has 1 nitrogen and oxygen atoms in total. The maximum atomic E-state index is 4.51. The highest BCUT2D eigenvalue weighted by atomic mass is 14.7. The third-order valence-corrected chi connectivity index (χ3v) is 2.57. The molecule has 1 heteroatoms. The summed E-state index contributed by atoms with van der Waals surface area (Å²) in [5, 5.41) is 2.62. The van der Waals surface area contributed by atoms with Crippen molar-refractivity contribution in [3.8, 4) is 0 Å². The van der Waals surface area contributed by atoms with Crippen LogP contribution in [0.15, 0.2) is 30.5 Å². The maximum absolute atomic E-state index is 4.51. The molecule has 2 rings (SSSR count). The molecular formula is C13H15N. The van der Waals surface area contributed by atoms with Crippen molar-refractivity contribution in [1.29, 1.82) is 0 Å². The Bertz CT molecular complexity index is 458. The molecule has 14 heavy (non-hydrogen) atoms. The fourth-order valence-electron chi connectivity index (χ4n) is 1.82. The van der Waals surface area contributed by atoms with Crippen LogP contribution >= 0.6 is 0 Å². The predicted octanol–water partition coefficient (Wildman–Crippen LogP) is 3.67. The van der Waals surface area contributed by atoms with Crippen LogP contribution in [0.4, 0.5) is 0 Å². The molecule has 0 N–H and O–H groups in total. The van der Waals surface area contributed by atoms with Gasteiger partial charge >= 0.3 is 0 Å². The minimum absolute atomic E-state index is 0.487. The molecule has 0 fully saturated rings. The molecule has 1 aromatic carbocycles. The van der Waals surface area contributed by atoms with Crippen LogP contribution in [0.5, 0.6) is 0 Å². The number of rotatable bonds is 1. The number of aryl methyl sites for hydroxylation is 1. The Kier molecular flexibility index (Phi) is 2.24. The SMILES string of the molecule is Cc1cnc(C(C)C)c2ccccc12. The Labute approximate surface area is 84.8 Å². The molecule has 0 radical (unpaired) electrons. The van der Waals surface area contributed by atoms with E-state index in [-0.39, 0.29) is 0 Å². The van der Waals surface area contributed by atoms with E-state index in [0.717, 1.165) is 0 Å². The summed E-state index contributed by atoms with van der Waals surface area (Å²) in [7, 11) is 0. The molecule has 2 aromatic rings. The molecule has 72 valence electrons. The fourth-order valence-corrected chi connectivity index (χ4v) is 1.82. The van der Waals surface area contributed by atoms with Gasteiger partial charge in [-0.3, -0.25) is 4.98 Å². The largest absolute Gasteiger partial charge is 0.260 e. The van der Waals surface area contributed by atoms with E-state index in [2.05, 4.69) is 50.0 Å². The molecule has 0 aliphatic carbocycles. The number of hydrogen-bond acceptors (Lipinski definition) is 1. The van der Waals surface area contributed by atoms with E-state index in [4.69, 9.17) is 0 Å². The highest BCUT2D eigenvalue weighted by molar-refractivity contribution is 5.87. The topological polar surface area (TPSA) is 12.9 Å². The molecule has 1 aromatic heterocycles. The van der Waals surface area contributed by atoms with Gasteiger partial charge < -0.3 is 0 Å². The summed E-state index contributed by atoms with van der Waals surface area (Å²) in [5.41, 5.74) is 2.45. The smallest absolute Gasteiger partial charge is 0.0507 e. The number of hydrogen-bond donors (Lipinski definition) is 0. The van der Waals surface area contributed by atoms with Gasteiger partial charge in [-0.15, -0.1) is 0 Å². The summed E-state index contributed by atoms with van der Waals surface area (Å²) in [6.45, 7) is 6.48. The second kappa shape index (κ2) is 3.41. The van der Waals surface area contributed by atoms with Crippen LogP contribution in [0.1, 0.15) is 31.0 Å². The van der Waals surface area contributed by atoms with Gasteiger partial charge in [0.15, 0.2) is 0 Å². The van der Waals surface area contributed by atoms with E-state index >= 15 is 0 Å². The van der Waals surface area contributed by atoms with Gasteiger partial charge in [-0.2, -0.15) is 0 Å². The van der Waals surface area contributed by atoms with Crippen molar-refractivity contribution in [3.05, 3.63) is 41.7 Å². The standard InChI is InChI=1S/C13H15N/c1-9(2)13-12-7-5-4-6-11(12)10(3)8-14-13/h4-9H,1-3H3. The fraction of sp³-hybridized carbons (Fsp3) is 0.308. The summed E-state index contributed by atoms with van der Waals surface area (Å²) in [6.07, 6.45) is 1.97. The number of nitrogens with zero attached hydrogens (tertiary/aromatic N) is 1. The van der Waals surface area contributed by atoms with Crippen LogP contribution in [-0.4, -0.2) is 4.98 Å². The maximum Gasteiger partial charge on any atom is 0.0507 e. The minimum atomic E-state index is 0.487. The highest BCUT2D eigenvalue weighted by Crippen LogP contribution is 2.24. The zero-order valence-corrected chi connectivity index (χ0v) is 8.91. The lowest BCUT2D eigenvalue weighted by Crippen LogP contribution is -1.95. The average Bonchev–Trinajstić information content (AvgIpc) is 2.18.